The second kappa shape index (κ2) is 4.79. The average Bonchev–Trinajstić information content (AvgIpc) is 2.49. The highest BCUT2D eigenvalue weighted by Gasteiger charge is 2.52. The van der Waals surface area contributed by atoms with Crippen LogP contribution < -0.4 is 11.2 Å². The molecular weight excluding hydrogens is 305 g/mol. The molecule has 1 aliphatic heterocycles. The molecule has 2 rings (SSSR count). The van der Waals surface area contributed by atoms with Crippen molar-refractivity contribution in [1.82, 2.24) is 0 Å². The van der Waals surface area contributed by atoms with Gasteiger partial charge in [-0.3, -0.25) is 0 Å². The molecule has 1 heterocycles. The van der Waals surface area contributed by atoms with Crippen LogP contribution in [0.4, 0.5) is 18.9 Å². The van der Waals surface area contributed by atoms with Gasteiger partial charge in [0, 0.05) is 16.2 Å². The van der Waals surface area contributed by atoms with Gasteiger partial charge in [-0.15, -0.1) is 0 Å². The summed E-state index contributed by atoms with van der Waals surface area (Å²) in [6.45, 7) is 7.22. The molecule has 1 aliphatic rings. The van der Waals surface area contributed by atoms with E-state index in [9.17, 15) is 13.2 Å². The zero-order valence-corrected chi connectivity index (χ0v) is 12.9. The highest BCUT2D eigenvalue weighted by Crippen LogP contribution is 2.39. The van der Waals surface area contributed by atoms with Crippen LogP contribution >= 0.6 is 11.6 Å². The number of benzene rings is 1. The average molecular weight is 322 g/mol. The molecule has 0 atom stereocenters. The third-order valence-corrected chi connectivity index (χ3v) is 4.21. The molecule has 1 saturated heterocycles. The minimum Gasteiger partial charge on any atom is -0.399 e. The van der Waals surface area contributed by atoms with Crippen LogP contribution in [0.3, 0.4) is 0 Å². The summed E-state index contributed by atoms with van der Waals surface area (Å²) in [4.78, 5) is 0. The third kappa shape index (κ3) is 2.87. The number of rotatable bonds is 1. The molecule has 3 nitrogen and oxygen atoms in total. The van der Waals surface area contributed by atoms with Crippen LogP contribution in [0.1, 0.15) is 33.3 Å². The monoisotopic (exact) mass is 321 g/mol. The molecule has 0 spiro atoms. The quantitative estimate of drug-likeness (QED) is 0.638. The zero-order chi connectivity index (χ0) is 16.2. The molecule has 116 valence electrons. The van der Waals surface area contributed by atoms with Crippen molar-refractivity contribution in [3.05, 3.63) is 22.7 Å². The van der Waals surface area contributed by atoms with E-state index in [0.717, 1.165) is 6.07 Å². The van der Waals surface area contributed by atoms with Crippen molar-refractivity contribution < 1.29 is 22.5 Å². The maximum absolute atomic E-state index is 13.0. The minimum absolute atomic E-state index is 0.0683. The topological polar surface area (TPSA) is 44.5 Å². The van der Waals surface area contributed by atoms with Gasteiger partial charge in [-0.2, -0.15) is 13.2 Å². The number of anilines is 1. The van der Waals surface area contributed by atoms with Gasteiger partial charge in [0.25, 0.3) is 0 Å². The van der Waals surface area contributed by atoms with Gasteiger partial charge in [-0.05, 0) is 39.8 Å². The maximum Gasteiger partial charge on any atom is 0.497 e. The van der Waals surface area contributed by atoms with E-state index in [-0.39, 0.29) is 10.5 Å². The highest BCUT2D eigenvalue weighted by atomic mass is 35.5. The van der Waals surface area contributed by atoms with E-state index >= 15 is 0 Å². The molecule has 0 aliphatic carbocycles. The van der Waals surface area contributed by atoms with Crippen LogP contribution in [0.2, 0.25) is 5.02 Å². The fourth-order valence-electron chi connectivity index (χ4n) is 2.04. The molecule has 1 aromatic carbocycles. The number of nitrogen functional groups attached to an aromatic ring is 1. The predicted molar refractivity (Wildman–Crippen MR) is 76.6 cm³/mol. The summed E-state index contributed by atoms with van der Waals surface area (Å²) < 4.78 is 50.4. The molecule has 0 saturated carbocycles. The Balaban J connectivity index is 2.50. The lowest BCUT2D eigenvalue weighted by atomic mass is 9.77. The van der Waals surface area contributed by atoms with E-state index in [2.05, 4.69) is 0 Å². The van der Waals surface area contributed by atoms with Crippen molar-refractivity contribution in [2.24, 2.45) is 0 Å². The van der Waals surface area contributed by atoms with Crippen LogP contribution in [0.5, 0.6) is 0 Å². The van der Waals surface area contributed by atoms with E-state index < -0.39 is 35.7 Å². The standard InChI is InChI=1S/C13H16BClF3NO2/c1-11(2)12(3,4)21-14(20-11)9-6-7(15)5-8(10(9)19)13(16,17)18/h5-6H,19H2,1-4H3. The first-order valence-corrected chi connectivity index (χ1v) is 6.75. The van der Waals surface area contributed by atoms with Crippen molar-refractivity contribution in [1.29, 1.82) is 0 Å². The fraction of sp³-hybridized carbons (Fsp3) is 0.538. The summed E-state index contributed by atoms with van der Waals surface area (Å²) in [5.74, 6) is 0. The Hall–Kier alpha value is -0.915. The molecule has 1 fully saturated rings. The lowest BCUT2D eigenvalue weighted by Crippen LogP contribution is -2.41. The largest absolute Gasteiger partial charge is 0.497 e. The number of nitrogens with two attached hydrogens (primary N) is 1. The second-order valence-electron chi connectivity index (χ2n) is 6.04. The first-order chi connectivity index (χ1) is 9.35. The van der Waals surface area contributed by atoms with Gasteiger partial charge in [0.1, 0.15) is 0 Å². The van der Waals surface area contributed by atoms with Gasteiger partial charge in [0.2, 0.25) is 0 Å². The first kappa shape index (κ1) is 16.5. The first-order valence-electron chi connectivity index (χ1n) is 6.37. The van der Waals surface area contributed by atoms with E-state index in [1.807, 2.05) is 0 Å². The molecule has 1 aromatic rings. The smallest absolute Gasteiger partial charge is 0.399 e. The van der Waals surface area contributed by atoms with Gasteiger partial charge < -0.3 is 15.0 Å². The van der Waals surface area contributed by atoms with Crippen molar-refractivity contribution in [3.63, 3.8) is 0 Å². The lowest BCUT2D eigenvalue weighted by Gasteiger charge is -2.32. The van der Waals surface area contributed by atoms with Crippen molar-refractivity contribution in [2.45, 2.75) is 45.1 Å². The van der Waals surface area contributed by atoms with Gasteiger partial charge in [0.05, 0.1) is 16.8 Å². The SMILES string of the molecule is CC1(C)OB(c2cc(Cl)cc(C(F)(F)F)c2N)OC1(C)C. The van der Waals surface area contributed by atoms with Crippen LogP contribution in [-0.2, 0) is 15.5 Å². The summed E-state index contributed by atoms with van der Waals surface area (Å²) in [5, 5.41) is -0.0683. The number of alkyl halides is 3. The highest BCUT2D eigenvalue weighted by molar-refractivity contribution is 6.64. The number of halogens is 4. The Labute approximate surface area is 126 Å². The summed E-state index contributed by atoms with van der Waals surface area (Å²) >= 11 is 5.78. The van der Waals surface area contributed by atoms with E-state index in [0.29, 0.717) is 0 Å². The minimum atomic E-state index is -4.59. The van der Waals surface area contributed by atoms with Crippen molar-refractivity contribution >= 4 is 29.9 Å². The summed E-state index contributed by atoms with van der Waals surface area (Å²) in [5.41, 5.74) is 2.98. The number of hydrogen-bond acceptors (Lipinski definition) is 3. The molecular formula is C13H16BClF3NO2. The molecule has 0 radical (unpaired) electrons. The summed E-state index contributed by atoms with van der Waals surface area (Å²) in [6.07, 6.45) is -4.59. The van der Waals surface area contributed by atoms with Gasteiger partial charge >= 0.3 is 13.3 Å². The third-order valence-electron chi connectivity index (χ3n) is 3.99. The Bertz CT molecular complexity index is 559. The molecule has 0 bridgehead atoms. The van der Waals surface area contributed by atoms with Crippen LogP contribution in [0, 0.1) is 0 Å². The fourth-order valence-corrected chi connectivity index (χ4v) is 2.27. The molecule has 8 heteroatoms. The van der Waals surface area contributed by atoms with Gasteiger partial charge in [-0.1, -0.05) is 11.6 Å². The zero-order valence-electron chi connectivity index (χ0n) is 12.1. The van der Waals surface area contributed by atoms with E-state index in [4.69, 9.17) is 26.6 Å². The second-order valence-corrected chi connectivity index (χ2v) is 6.48. The molecule has 0 amide bonds. The van der Waals surface area contributed by atoms with Gasteiger partial charge in [0.15, 0.2) is 0 Å². The molecule has 0 aromatic heterocycles. The predicted octanol–water partition coefficient (Wildman–Crippen LogP) is 3.24. The van der Waals surface area contributed by atoms with Crippen LogP contribution in [0.15, 0.2) is 12.1 Å². The summed E-state index contributed by atoms with van der Waals surface area (Å²) in [7, 11) is -0.991. The Kier molecular flexibility index (Phi) is 3.76. The van der Waals surface area contributed by atoms with Crippen LogP contribution in [0.25, 0.3) is 0 Å². The molecule has 0 unspecified atom stereocenters. The van der Waals surface area contributed by atoms with Crippen molar-refractivity contribution in [3.8, 4) is 0 Å². The van der Waals surface area contributed by atoms with E-state index in [1.165, 1.54) is 6.07 Å². The Morgan fingerprint density at radius 2 is 1.57 bits per heavy atom. The molecule has 21 heavy (non-hydrogen) atoms. The van der Waals surface area contributed by atoms with Gasteiger partial charge in [-0.25, -0.2) is 0 Å². The Morgan fingerprint density at radius 3 is 2.00 bits per heavy atom. The van der Waals surface area contributed by atoms with Crippen LogP contribution in [-0.4, -0.2) is 18.3 Å². The maximum atomic E-state index is 13.0. The Morgan fingerprint density at radius 1 is 1.10 bits per heavy atom. The van der Waals surface area contributed by atoms with Crippen molar-refractivity contribution in [2.75, 3.05) is 5.73 Å². The normalized spacial score (nSPS) is 20.9. The van der Waals surface area contributed by atoms with E-state index in [1.54, 1.807) is 27.7 Å². The lowest BCUT2D eigenvalue weighted by molar-refractivity contribution is -0.136. The molecule has 2 N–H and O–H groups in total. The number of hydrogen-bond donors (Lipinski definition) is 1. The summed E-state index contributed by atoms with van der Waals surface area (Å²) in [6, 6.07) is 2.14.